The number of nitrogens with one attached hydrogen (secondary N) is 1. The molecule has 1 atom stereocenters. The van der Waals surface area contributed by atoms with Gasteiger partial charge < -0.3 is 15.3 Å². The lowest BCUT2D eigenvalue weighted by molar-refractivity contribution is -0.138. The molecule has 1 fully saturated rings. The zero-order valence-corrected chi connectivity index (χ0v) is 12.9. The van der Waals surface area contributed by atoms with Gasteiger partial charge in [0.25, 0.3) is 0 Å². The summed E-state index contributed by atoms with van der Waals surface area (Å²) in [4.78, 5) is 24.6. The highest BCUT2D eigenvalue weighted by Crippen LogP contribution is 2.20. The second kappa shape index (κ2) is 8.12. The largest absolute Gasteiger partial charge is 0.481 e. The smallest absolute Gasteiger partial charge is 0.317 e. The number of urea groups is 1. The van der Waals surface area contributed by atoms with E-state index in [2.05, 4.69) is 19.2 Å². The van der Waals surface area contributed by atoms with Crippen LogP contribution in [0.1, 0.15) is 52.9 Å². The monoisotopic (exact) mass is 284 g/mol. The number of rotatable bonds is 6. The molecule has 0 aromatic carbocycles. The Balaban J connectivity index is 2.26. The molecule has 20 heavy (non-hydrogen) atoms. The Morgan fingerprint density at radius 2 is 1.80 bits per heavy atom. The van der Waals surface area contributed by atoms with Gasteiger partial charge in [-0.15, -0.1) is 0 Å². The molecular weight excluding hydrogens is 256 g/mol. The molecule has 1 aliphatic heterocycles. The van der Waals surface area contributed by atoms with Crippen molar-refractivity contribution in [1.82, 2.24) is 10.2 Å². The first-order chi connectivity index (χ1) is 9.38. The van der Waals surface area contributed by atoms with E-state index in [1.165, 1.54) is 0 Å². The second-order valence-electron chi connectivity index (χ2n) is 6.35. The molecule has 116 valence electrons. The lowest BCUT2D eigenvalue weighted by atomic mass is 9.94. The fourth-order valence-corrected chi connectivity index (χ4v) is 2.54. The van der Waals surface area contributed by atoms with Crippen molar-refractivity contribution >= 4 is 12.0 Å². The van der Waals surface area contributed by atoms with Gasteiger partial charge in [-0.2, -0.15) is 0 Å². The van der Waals surface area contributed by atoms with Crippen LogP contribution in [0.4, 0.5) is 4.79 Å². The van der Waals surface area contributed by atoms with E-state index in [1.54, 1.807) is 0 Å². The number of aliphatic carboxylic acids is 1. The quantitative estimate of drug-likeness (QED) is 0.788. The molecule has 2 N–H and O–H groups in total. The van der Waals surface area contributed by atoms with Gasteiger partial charge in [0.2, 0.25) is 0 Å². The summed E-state index contributed by atoms with van der Waals surface area (Å²) in [5.74, 6) is 0.131. The van der Waals surface area contributed by atoms with Crippen LogP contribution >= 0.6 is 0 Å². The van der Waals surface area contributed by atoms with Crippen molar-refractivity contribution in [3.05, 3.63) is 0 Å². The van der Waals surface area contributed by atoms with Gasteiger partial charge in [0.1, 0.15) is 0 Å². The Morgan fingerprint density at radius 1 is 1.20 bits per heavy atom. The fourth-order valence-electron chi connectivity index (χ4n) is 2.54. The molecule has 1 heterocycles. The summed E-state index contributed by atoms with van der Waals surface area (Å²) in [6.07, 6.45) is 3.92. The normalized spacial score (nSPS) is 18.1. The molecule has 1 aliphatic rings. The highest BCUT2D eigenvalue weighted by Gasteiger charge is 2.24. The summed E-state index contributed by atoms with van der Waals surface area (Å²) in [7, 11) is 0. The number of carbonyl (C=O) groups excluding carboxylic acids is 1. The third-order valence-corrected chi connectivity index (χ3v) is 3.91. The van der Waals surface area contributed by atoms with E-state index in [1.807, 2.05) is 11.8 Å². The Bertz CT molecular complexity index is 323. The first kappa shape index (κ1) is 16.8. The van der Waals surface area contributed by atoms with Gasteiger partial charge >= 0.3 is 12.0 Å². The van der Waals surface area contributed by atoms with Crippen molar-refractivity contribution in [2.75, 3.05) is 13.1 Å². The number of nitrogens with zero attached hydrogens (tertiary/aromatic N) is 1. The lowest BCUT2D eigenvalue weighted by Crippen LogP contribution is -2.47. The summed E-state index contributed by atoms with van der Waals surface area (Å²) in [5.41, 5.74) is 0. The van der Waals surface area contributed by atoms with Crippen LogP contribution in [0.15, 0.2) is 0 Å². The van der Waals surface area contributed by atoms with Gasteiger partial charge in [-0.25, -0.2) is 4.79 Å². The van der Waals surface area contributed by atoms with Crippen molar-refractivity contribution in [3.8, 4) is 0 Å². The van der Waals surface area contributed by atoms with Gasteiger partial charge in [0.15, 0.2) is 0 Å². The summed E-state index contributed by atoms with van der Waals surface area (Å²) in [5, 5.41) is 11.8. The van der Waals surface area contributed by atoms with E-state index >= 15 is 0 Å². The third-order valence-electron chi connectivity index (χ3n) is 3.91. The van der Waals surface area contributed by atoms with Crippen LogP contribution in [-0.2, 0) is 4.79 Å². The highest BCUT2D eigenvalue weighted by molar-refractivity contribution is 5.74. The van der Waals surface area contributed by atoms with E-state index in [0.717, 1.165) is 25.7 Å². The van der Waals surface area contributed by atoms with Gasteiger partial charge in [0, 0.05) is 25.6 Å². The van der Waals surface area contributed by atoms with E-state index in [-0.39, 0.29) is 24.4 Å². The number of carbonyl (C=O) groups is 2. The predicted molar refractivity (Wildman–Crippen MR) is 78.6 cm³/mol. The number of hydrogen-bond acceptors (Lipinski definition) is 2. The van der Waals surface area contributed by atoms with Crippen LogP contribution in [0.25, 0.3) is 0 Å². The number of piperidine rings is 1. The Kier molecular flexibility index (Phi) is 6.82. The Labute approximate surface area is 121 Å². The van der Waals surface area contributed by atoms with Crippen molar-refractivity contribution in [2.24, 2.45) is 11.8 Å². The standard InChI is InChI=1S/C15H28N2O3/c1-11(2)4-5-12(3)16-15(20)17-8-6-13(7-9-17)10-14(18)19/h11-13H,4-10H2,1-3H3,(H,16,20)(H,18,19). The van der Waals surface area contributed by atoms with Gasteiger partial charge in [-0.3, -0.25) is 4.79 Å². The zero-order chi connectivity index (χ0) is 15.1. The fraction of sp³-hybridized carbons (Fsp3) is 0.867. The van der Waals surface area contributed by atoms with E-state index < -0.39 is 5.97 Å². The summed E-state index contributed by atoms with van der Waals surface area (Å²) in [6.45, 7) is 7.74. The lowest BCUT2D eigenvalue weighted by Gasteiger charge is -2.32. The number of carboxylic acid groups (broad SMARTS) is 1. The summed E-state index contributed by atoms with van der Waals surface area (Å²) in [6, 6.07) is 0.191. The topological polar surface area (TPSA) is 69.6 Å². The van der Waals surface area contributed by atoms with Gasteiger partial charge in [0.05, 0.1) is 0 Å². The van der Waals surface area contributed by atoms with Crippen LogP contribution in [0, 0.1) is 11.8 Å². The number of hydrogen-bond donors (Lipinski definition) is 2. The molecule has 0 aromatic heterocycles. The first-order valence-corrected chi connectivity index (χ1v) is 7.65. The molecule has 0 spiro atoms. The Hall–Kier alpha value is -1.26. The van der Waals surface area contributed by atoms with E-state index in [0.29, 0.717) is 19.0 Å². The Morgan fingerprint density at radius 3 is 2.30 bits per heavy atom. The zero-order valence-electron chi connectivity index (χ0n) is 12.9. The summed E-state index contributed by atoms with van der Waals surface area (Å²) < 4.78 is 0. The maximum atomic E-state index is 12.1. The first-order valence-electron chi connectivity index (χ1n) is 7.65. The van der Waals surface area contributed by atoms with Crippen LogP contribution in [0.3, 0.4) is 0 Å². The predicted octanol–water partition coefficient (Wildman–Crippen LogP) is 2.71. The average molecular weight is 284 g/mol. The average Bonchev–Trinajstić information content (AvgIpc) is 2.36. The van der Waals surface area contributed by atoms with Crippen molar-refractivity contribution in [3.63, 3.8) is 0 Å². The molecule has 2 amide bonds. The minimum Gasteiger partial charge on any atom is -0.481 e. The van der Waals surface area contributed by atoms with Crippen LogP contribution in [0.2, 0.25) is 0 Å². The van der Waals surface area contributed by atoms with E-state index in [9.17, 15) is 9.59 Å². The molecule has 0 bridgehead atoms. The van der Waals surface area contributed by atoms with E-state index in [4.69, 9.17) is 5.11 Å². The molecular formula is C15H28N2O3. The maximum absolute atomic E-state index is 12.1. The minimum atomic E-state index is -0.741. The third kappa shape index (κ3) is 6.26. The number of likely N-dealkylation sites (tertiary alicyclic amines) is 1. The minimum absolute atomic E-state index is 0.00460. The SMILES string of the molecule is CC(C)CCC(C)NC(=O)N1CCC(CC(=O)O)CC1. The number of amides is 2. The summed E-state index contributed by atoms with van der Waals surface area (Å²) >= 11 is 0. The van der Waals surface area contributed by atoms with Gasteiger partial charge in [-0.1, -0.05) is 13.8 Å². The van der Waals surface area contributed by atoms with Crippen LogP contribution in [0.5, 0.6) is 0 Å². The molecule has 1 unspecified atom stereocenters. The molecule has 0 aromatic rings. The highest BCUT2D eigenvalue weighted by atomic mass is 16.4. The maximum Gasteiger partial charge on any atom is 0.317 e. The molecule has 1 rings (SSSR count). The molecule has 0 radical (unpaired) electrons. The van der Waals surface area contributed by atoms with Gasteiger partial charge in [-0.05, 0) is 44.4 Å². The van der Waals surface area contributed by atoms with Crippen molar-refractivity contribution in [2.45, 2.75) is 58.9 Å². The number of carboxylic acids is 1. The van der Waals surface area contributed by atoms with Crippen LogP contribution < -0.4 is 5.32 Å². The molecule has 5 nitrogen and oxygen atoms in total. The molecule has 0 saturated carbocycles. The molecule has 0 aliphatic carbocycles. The molecule has 1 saturated heterocycles. The van der Waals surface area contributed by atoms with Crippen molar-refractivity contribution in [1.29, 1.82) is 0 Å². The molecule has 5 heteroatoms. The second-order valence-corrected chi connectivity index (χ2v) is 6.35. The van der Waals surface area contributed by atoms with Crippen LogP contribution in [-0.4, -0.2) is 41.1 Å². The van der Waals surface area contributed by atoms with Crippen molar-refractivity contribution < 1.29 is 14.7 Å².